The van der Waals surface area contributed by atoms with Gasteiger partial charge in [0, 0.05) is 124 Å². The highest BCUT2D eigenvalue weighted by Gasteiger charge is 2.28. The highest BCUT2D eigenvalue weighted by Crippen LogP contribution is 2.47. The Balaban J connectivity index is 0.000000108. The number of rotatable bonds is 15. The standard InChI is InChI=1S/2C45H29N5.C44H28N6/c1-4-14-30(15-5-1)37-29-38(31-16-6-2-7-17-31)48-45(47-37)50-39-22-11-10-20-35(39)43-34(21-12-23-41(43)50)32-25-26-40-36(28-32)44-42(24-13-27-46-44)49(40)33-18-8-3-9-19-33;1-4-14-30(15-5-1)37-29-42(48-45(47-37)31-16-6-2-7-17-31)50-38-22-11-10-20-35(38)43-34(21-12-23-40(43)50)32-25-26-39-36(28-32)44-41(24-13-27-46-44)49(39)33-18-8-3-9-19-33;1-4-14-29(15-5-1)42-46-43(30-16-6-2-7-17-30)48-44(47-42)50-36-22-11-10-20-34(36)40-33(21-12-23-38(40)50)31-25-26-37-35(28-31)41-39(24-13-27-45-41)49(37)32-18-8-3-9-19-32/h2*1-29H;1-28H. The van der Waals surface area contributed by atoms with Gasteiger partial charge in [-0.15, -0.1) is 0 Å². The normalized spacial score (nSPS) is 11.6. The number of pyridine rings is 3. The van der Waals surface area contributed by atoms with E-state index in [4.69, 9.17) is 49.8 Å². The van der Waals surface area contributed by atoms with Crippen LogP contribution in [0.5, 0.6) is 0 Å². The molecule has 0 saturated carbocycles. The van der Waals surface area contributed by atoms with Crippen LogP contribution in [0.25, 0.3) is 267 Å². The maximum Gasteiger partial charge on any atom is 0.238 e. The van der Waals surface area contributed by atoms with Crippen LogP contribution in [0.2, 0.25) is 0 Å². The van der Waals surface area contributed by atoms with Crippen molar-refractivity contribution >= 4 is 131 Å². The fraction of sp³-hybridized carbons (Fsp3) is 0. The largest absolute Gasteiger partial charge is 0.308 e. The predicted octanol–water partition coefficient (Wildman–Crippen LogP) is 32.6. The summed E-state index contributed by atoms with van der Waals surface area (Å²) in [6, 6.07) is 175. The average molecular weight is 1920 g/mol. The van der Waals surface area contributed by atoms with Gasteiger partial charge in [0.25, 0.3) is 0 Å². The van der Waals surface area contributed by atoms with Crippen LogP contribution in [0, 0.1) is 0 Å². The summed E-state index contributed by atoms with van der Waals surface area (Å²) in [5.41, 5.74) is 34.8. The van der Waals surface area contributed by atoms with E-state index in [2.05, 4.69) is 410 Å². The zero-order valence-corrected chi connectivity index (χ0v) is 80.8. The molecule has 16 nitrogen and oxygen atoms in total. The van der Waals surface area contributed by atoms with Crippen LogP contribution in [0.4, 0.5) is 0 Å². The Kier molecular flexibility index (Phi) is 21.5. The number of hydrogen-bond acceptors (Lipinski definition) is 10. The quantitative estimate of drug-likeness (QED) is 0.0967. The lowest BCUT2D eigenvalue weighted by Gasteiger charge is -2.12. The van der Waals surface area contributed by atoms with Gasteiger partial charge in [-0.25, -0.2) is 24.9 Å². The lowest BCUT2D eigenvalue weighted by Crippen LogP contribution is -2.06. The summed E-state index contributed by atoms with van der Waals surface area (Å²) in [7, 11) is 0. The molecule has 16 heteroatoms. The molecule has 0 spiro atoms. The minimum Gasteiger partial charge on any atom is -0.308 e. The van der Waals surface area contributed by atoms with Gasteiger partial charge in [0.2, 0.25) is 11.9 Å². The Labute approximate surface area is 860 Å². The molecule has 30 aromatic rings. The third-order valence-electron chi connectivity index (χ3n) is 28.6. The van der Waals surface area contributed by atoms with Crippen molar-refractivity contribution in [2.45, 2.75) is 0 Å². The highest BCUT2D eigenvalue weighted by molar-refractivity contribution is 6.21. The van der Waals surface area contributed by atoms with Gasteiger partial charge in [-0.2, -0.15) is 9.97 Å². The molecule has 12 heterocycles. The highest BCUT2D eigenvalue weighted by atomic mass is 15.2. The molecule has 0 N–H and O–H groups in total. The Morgan fingerprint density at radius 3 is 0.760 bits per heavy atom. The number of fused-ring (bicyclic) bond motifs is 18. The molecule has 0 radical (unpaired) electrons. The molecular formula is C134H86N16. The summed E-state index contributed by atoms with van der Waals surface area (Å²) in [6.45, 7) is 0. The van der Waals surface area contributed by atoms with E-state index in [1.807, 2.05) is 140 Å². The maximum atomic E-state index is 5.22. The van der Waals surface area contributed by atoms with Crippen LogP contribution in [-0.2, 0) is 0 Å². The first-order chi connectivity index (χ1) is 74.4. The second-order valence-corrected chi connectivity index (χ2v) is 37.3. The molecule has 0 aliphatic carbocycles. The molecular weight excluding hydrogens is 1830 g/mol. The zero-order chi connectivity index (χ0) is 99.1. The average Bonchev–Trinajstić information content (AvgIpc) is 1.57. The molecule has 0 atom stereocenters. The van der Waals surface area contributed by atoms with Crippen molar-refractivity contribution in [1.82, 2.24) is 77.2 Å². The Hall–Kier alpha value is -20.6. The number of aromatic nitrogens is 16. The summed E-state index contributed by atoms with van der Waals surface area (Å²) in [4.78, 5) is 50.5. The van der Waals surface area contributed by atoms with Gasteiger partial charge in [-0.3, -0.25) is 28.7 Å². The molecule has 702 valence electrons. The van der Waals surface area contributed by atoms with E-state index in [1.54, 1.807) is 0 Å². The van der Waals surface area contributed by atoms with Gasteiger partial charge in [-0.05, 0) is 185 Å². The first-order valence-corrected chi connectivity index (χ1v) is 50.2. The van der Waals surface area contributed by atoms with Crippen LogP contribution in [0.15, 0.2) is 522 Å². The summed E-state index contributed by atoms with van der Waals surface area (Å²) in [5.74, 6) is 3.99. The van der Waals surface area contributed by atoms with Gasteiger partial charge >= 0.3 is 0 Å². The van der Waals surface area contributed by atoms with Crippen LogP contribution in [0.1, 0.15) is 0 Å². The molecule has 0 amide bonds. The van der Waals surface area contributed by atoms with E-state index in [1.165, 1.54) is 10.8 Å². The molecule has 150 heavy (non-hydrogen) atoms. The fourth-order valence-corrected chi connectivity index (χ4v) is 22.0. The van der Waals surface area contributed by atoms with Gasteiger partial charge < -0.3 is 13.7 Å². The van der Waals surface area contributed by atoms with Crippen molar-refractivity contribution < 1.29 is 0 Å². The van der Waals surface area contributed by atoms with E-state index in [0.29, 0.717) is 29.4 Å². The molecule has 0 aliphatic heterocycles. The van der Waals surface area contributed by atoms with Gasteiger partial charge in [-0.1, -0.05) is 346 Å². The Bertz CT molecular complexity index is 9330. The summed E-state index contributed by atoms with van der Waals surface area (Å²) in [5, 5.41) is 10.3. The molecule has 30 rings (SSSR count). The number of nitrogens with zero attached hydrogens (tertiary/aromatic N) is 16. The monoisotopic (exact) mass is 1920 g/mol. The lowest BCUT2D eigenvalue weighted by atomic mass is 9.98. The predicted molar refractivity (Wildman–Crippen MR) is 612 cm³/mol. The van der Waals surface area contributed by atoms with Crippen LogP contribution < -0.4 is 0 Å². The van der Waals surface area contributed by atoms with Crippen molar-refractivity contribution in [3.8, 4) is 136 Å². The Morgan fingerprint density at radius 1 is 0.147 bits per heavy atom. The molecule has 18 aromatic carbocycles. The SMILES string of the molecule is c1ccc(-c2cc(-c3ccccc3)nc(-n3c4ccccc4c4c(-c5ccc6c(c5)c5ncccc5n6-c5ccccc5)cccc43)n2)cc1.c1ccc(-c2cc(-n3c4ccccc4c4c(-c5ccc6c(c5)c5ncccc5n6-c5ccccc5)cccc43)nc(-c3ccccc3)n2)cc1.c1ccc(-c2nc(-c3ccccc3)nc(-n3c4ccccc4c4c(-c5ccc6c(c5)c5ncccc5n6-c5ccccc5)cccc43)n2)cc1. The molecule has 0 unspecified atom stereocenters. The molecule has 0 aliphatic rings. The first kappa shape index (κ1) is 87.2. The van der Waals surface area contributed by atoms with E-state index in [-0.39, 0.29) is 0 Å². The van der Waals surface area contributed by atoms with Crippen LogP contribution in [0.3, 0.4) is 0 Å². The molecule has 0 saturated heterocycles. The van der Waals surface area contributed by atoms with Crippen LogP contribution in [-0.4, -0.2) is 77.2 Å². The van der Waals surface area contributed by atoms with Gasteiger partial charge in [0.1, 0.15) is 5.82 Å². The van der Waals surface area contributed by atoms with Crippen LogP contribution >= 0.6 is 0 Å². The van der Waals surface area contributed by atoms with Gasteiger partial charge in [0.15, 0.2) is 17.5 Å². The summed E-state index contributed by atoms with van der Waals surface area (Å²) >= 11 is 0. The fourth-order valence-electron chi connectivity index (χ4n) is 22.0. The second-order valence-electron chi connectivity index (χ2n) is 37.3. The van der Waals surface area contributed by atoms with E-state index < -0.39 is 0 Å². The first-order valence-electron chi connectivity index (χ1n) is 50.2. The zero-order valence-electron chi connectivity index (χ0n) is 80.8. The summed E-state index contributed by atoms with van der Waals surface area (Å²) < 4.78 is 13.6. The van der Waals surface area contributed by atoms with Crippen molar-refractivity contribution in [1.29, 1.82) is 0 Å². The molecule has 0 fully saturated rings. The van der Waals surface area contributed by atoms with Crippen molar-refractivity contribution in [2.24, 2.45) is 0 Å². The number of hydrogen-bond donors (Lipinski definition) is 0. The molecule has 12 aromatic heterocycles. The molecule has 0 bridgehead atoms. The minimum absolute atomic E-state index is 0.576. The minimum atomic E-state index is 0.576. The number of benzene rings is 18. The topological polar surface area (TPSA) is 158 Å². The Morgan fingerprint density at radius 2 is 0.413 bits per heavy atom. The lowest BCUT2D eigenvalue weighted by molar-refractivity contribution is 0.953. The smallest absolute Gasteiger partial charge is 0.238 e. The summed E-state index contributed by atoms with van der Waals surface area (Å²) in [6.07, 6.45) is 5.64. The van der Waals surface area contributed by atoms with Crippen molar-refractivity contribution in [3.63, 3.8) is 0 Å². The van der Waals surface area contributed by atoms with E-state index >= 15 is 0 Å². The maximum absolute atomic E-state index is 5.22. The van der Waals surface area contributed by atoms with Gasteiger partial charge in [0.05, 0.1) is 99.8 Å². The van der Waals surface area contributed by atoms with Crippen molar-refractivity contribution in [2.75, 3.05) is 0 Å². The van der Waals surface area contributed by atoms with E-state index in [0.717, 1.165) is 227 Å². The third-order valence-corrected chi connectivity index (χ3v) is 28.6. The third kappa shape index (κ3) is 15.2. The van der Waals surface area contributed by atoms with E-state index in [9.17, 15) is 0 Å². The second kappa shape index (κ2) is 37.0. The number of para-hydroxylation sites is 6. The van der Waals surface area contributed by atoms with Crippen molar-refractivity contribution in [3.05, 3.63) is 522 Å².